The molecule has 0 fully saturated rings. The van der Waals surface area contributed by atoms with E-state index in [1.807, 2.05) is 36.4 Å². The van der Waals surface area contributed by atoms with Crippen molar-refractivity contribution in [1.82, 2.24) is 0 Å². The minimum Gasteiger partial charge on any atom is -0.398 e. The van der Waals surface area contributed by atoms with Gasteiger partial charge in [-0.3, -0.25) is 4.79 Å². The Bertz CT molecular complexity index is 521. The number of hydrogen-bond acceptors (Lipinski definition) is 2. The minimum absolute atomic E-state index is 0.361. The van der Waals surface area contributed by atoms with Crippen molar-refractivity contribution in [3.05, 3.63) is 54.1 Å². The van der Waals surface area contributed by atoms with E-state index < -0.39 is 5.91 Å². The van der Waals surface area contributed by atoms with E-state index in [0.717, 1.165) is 11.1 Å². The van der Waals surface area contributed by atoms with Crippen LogP contribution in [0.2, 0.25) is 0 Å². The summed E-state index contributed by atoms with van der Waals surface area (Å²) in [4.78, 5) is 11.0. The summed E-state index contributed by atoms with van der Waals surface area (Å²) in [5.74, 6) is -0.503. The lowest BCUT2D eigenvalue weighted by Crippen LogP contribution is -2.13. The topological polar surface area (TPSA) is 69.1 Å². The molecule has 80 valence electrons. The van der Waals surface area contributed by atoms with Crippen LogP contribution >= 0.6 is 0 Å². The molecule has 0 aliphatic heterocycles. The average Bonchev–Trinajstić information content (AvgIpc) is 2.29. The largest absolute Gasteiger partial charge is 0.398 e. The molecule has 16 heavy (non-hydrogen) atoms. The van der Waals surface area contributed by atoms with Gasteiger partial charge in [0.05, 0.1) is 5.56 Å². The van der Waals surface area contributed by atoms with E-state index >= 15 is 0 Å². The smallest absolute Gasteiger partial charge is 0.250 e. The van der Waals surface area contributed by atoms with Crippen LogP contribution in [0.5, 0.6) is 0 Å². The zero-order chi connectivity index (χ0) is 11.5. The Hall–Kier alpha value is -2.29. The first-order valence-corrected chi connectivity index (χ1v) is 4.93. The zero-order valence-electron chi connectivity index (χ0n) is 8.68. The lowest BCUT2D eigenvalue weighted by atomic mass is 10.0. The number of nitrogen functional groups attached to an aromatic ring is 1. The summed E-state index contributed by atoms with van der Waals surface area (Å²) in [6.45, 7) is 0. The number of benzene rings is 2. The van der Waals surface area contributed by atoms with E-state index in [-0.39, 0.29) is 0 Å². The Kier molecular flexibility index (Phi) is 2.60. The molecule has 2 rings (SSSR count). The van der Waals surface area contributed by atoms with Gasteiger partial charge in [-0.15, -0.1) is 0 Å². The molecule has 3 heteroatoms. The summed E-state index contributed by atoms with van der Waals surface area (Å²) in [5, 5.41) is 0. The highest BCUT2D eigenvalue weighted by molar-refractivity contribution is 5.98. The fourth-order valence-corrected chi connectivity index (χ4v) is 1.60. The van der Waals surface area contributed by atoms with Crippen LogP contribution in [-0.2, 0) is 0 Å². The van der Waals surface area contributed by atoms with Crippen molar-refractivity contribution < 1.29 is 4.79 Å². The van der Waals surface area contributed by atoms with Crippen LogP contribution in [0.1, 0.15) is 10.4 Å². The SMILES string of the molecule is NC(=O)c1ccc(-c2ccccc2)cc1N. The van der Waals surface area contributed by atoms with Gasteiger partial charge in [0.15, 0.2) is 0 Å². The second-order valence-corrected chi connectivity index (χ2v) is 3.53. The molecule has 2 aromatic carbocycles. The summed E-state index contributed by atoms with van der Waals surface area (Å²) in [7, 11) is 0. The molecule has 0 atom stereocenters. The van der Waals surface area contributed by atoms with Crippen molar-refractivity contribution in [2.75, 3.05) is 5.73 Å². The van der Waals surface area contributed by atoms with Gasteiger partial charge in [0.25, 0.3) is 5.91 Å². The maximum absolute atomic E-state index is 11.0. The maximum atomic E-state index is 11.0. The predicted molar refractivity (Wildman–Crippen MR) is 64.8 cm³/mol. The molecule has 0 aromatic heterocycles. The number of carbonyl (C=O) groups excluding carboxylic acids is 1. The Morgan fingerprint density at radius 3 is 2.19 bits per heavy atom. The van der Waals surface area contributed by atoms with Crippen LogP contribution < -0.4 is 11.5 Å². The van der Waals surface area contributed by atoms with Gasteiger partial charge in [-0.05, 0) is 23.3 Å². The van der Waals surface area contributed by atoms with E-state index in [0.29, 0.717) is 11.3 Å². The van der Waals surface area contributed by atoms with E-state index in [1.165, 1.54) is 0 Å². The molecule has 3 nitrogen and oxygen atoms in total. The molecule has 2 aromatic rings. The van der Waals surface area contributed by atoms with Crippen LogP contribution in [0.25, 0.3) is 11.1 Å². The van der Waals surface area contributed by atoms with Gasteiger partial charge in [-0.25, -0.2) is 0 Å². The number of hydrogen-bond donors (Lipinski definition) is 2. The molecule has 0 heterocycles. The number of amides is 1. The van der Waals surface area contributed by atoms with Crippen molar-refractivity contribution in [3.8, 4) is 11.1 Å². The predicted octanol–water partition coefficient (Wildman–Crippen LogP) is 2.03. The van der Waals surface area contributed by atoms with Gasteiger partial charge in [0.2, 0.25) is 0 Å². The molecule has 0 radical (unpaired) electrons. The number of carbonyl (C=O) groups is 1. The highest BCUT2D eigenvalue weighted by Gasteiger charge is 2.06. The molecule has 1 amide bonds. The van der Waals surface area contributed by atoms with Gasteiger partial charge in [-0.2, -0.15) is 0 Å². The summed E-state index contributed by atoms with van der Waals surface area (Å²) in [5.41, 5.74) is 13.8. The molecule has 0 unspecified atom stereocenters. The molecule has 0 aliphatic rings. The number of anilines is 1. The maximum Gasteiger partial charge on any atom is 0.250 e. The Balaban J connectivity index is 2.46. The van der Waals surface area contributed by atoms with Crippen LogP contribution in [0, 0.1) is 0 Å². The quantitative estimate of drug-likeness (QED) is 0.748. The second kappa shape index (κ2) is 4.06. The van der Waals surface area contributed by atoms with Gasteiger partial charge in [-0.1, -0.05) is 36.4 Å². The summed E-state index contributed by atoms with van der Waals surface area (Å²) in [6.07, 6.45) is 0. The molecule has 4 N–H and O–H groups in total. The van der Waals surface area contributed by atoms with E-state index in [4.69, 9.17) is 11.5 Å². The monoisotopic (exact) mass is 212 g/mol. The standard InChI is InChI=1S/C13H12N2O/c14-12-8-10(6-7-11(12)13(15)16)9-4-2-1-3-5-9/h1-8H,14H2,(H2,15,16). The van der Waals surface area contributed by atoms with Crippen molar-refractivity contribution in [1.29, 1.82) is 0 Å². The number of primary amides is 1. The second-order valence-electron chi connectivity index (χ2n) is 3.53. The molecule has 0 bridgehead atoms. The van der Waals surface area contributed by atoms with Crippen molar-refractivity contribution >= 4 is 11.6 Å². The Labute approximate surface area is 93.7 Å². The van der Waals surface area contributed by atoms with Crippen molar-refractivity contribution in [2.24, 2.45) is 5.73 Å². The van der Waals surface area contributed by atoms with Gasteiger partial charge in [0.1, 0.15) is 0 Å². The molecule has 0 saturated heterocycles. The third kappa shape index (κ3) is 1.88. The molecule has 0 spiro atoms. The third-order valence-corrected chi connectivity index (χ3v) is 2.42. The van der Waals surface area contributed by atoms with Gasteiger partial charge < -0.3 is 11.5 Å². The summed E-state index contributed by atoms with van der Waals surface area (Å²) >= 11 is 0. The van der Waals surface area contributed by atoms with Gasteiger partial charge >= 0.3 is 0 Å². The van der Waals surface area contributed by atoms with E-state index in [9.17, 15) is 4.79 Å². The van der Waals surface area contributed by atoms with E-state index in [1.54, 1.807) is 12.1 Å². The number of nitrogens with two attached hydrogens (primary N) is 2. The summed E-state index contributed by atoms with van der Waals surface area (Å²) in [6, 6.07) is 15.1. The lowest BCUT2D eigenvalue weighted by Gasteiger charge is -2.05. The van der Waals surface area contributed by atoms with Crippen LogP contribution in [0.15, 0.2) is 48.5 Å². The molecular weight excluding hydrogens is 200 g/mol. The summed E-state index contributed by atoms with van der Waals surface area (Å²) < 4.78 is 0. The fourth-order valence-electron chi connectivity index (χ4n) is 1.60. The van der Waals surface area contributed by atoms with Crippen molar-refractivity contribution in [2.45, 2.75) is 0 Å². The highest BCUT2D eigenvalue weighted by Crippen LogP contribution is 2.23. The van der Waals surface area contributed by atoms with Crippen LogP contribution in [-0.4, -0.2) is 5.91 Å². The lowest BCUT2D eigenvalue weighted by molar-refractivity contribution is 0.100. The van der Waals surface area contributed by atoms with Crippen molar-refractivity contribution in [3.63, 3.8) is 0 Å². The fraction of sp³-hybridized carbons (Fsp3) is 0. The third-order valence-electron chi connectivity index (χ3n) is 2.42. The average molecular weight is 212 g/mol. The Morgan fingerprint density at radius 1 is 0.938 bits per heavy atom. The first-order chi connectivity index (χ1) is 7.68. The highest BCUT2D eigenvalue weighted by atomic mass is 16.1. The van der Waals surface area contributed by atoms with Crippen LogP contribution in [0.4, 0.5) is 5.69 Å². The molecule has 0 aliphatic carbocycles. The van der Waals surface area contributed by atoms with Crippen LogP contribution in [0.3, 0.4) is 0 Å². The van der Waals surface area contributed by atoms with E-state index in [2.05, 4.69) is 0 Å². The molecular formula is C13H12N2O. The molecule has 0 saturated carbocycles. The Morgan fingerprint density at radius 2 is 1.62 bits per heavy atom. The minimum atomic E-state index is -0.503. The van der Waals surface area contributed by atoms with Gasteiger partial charge in [0, 0.05) is 5.69 Å². The first-order valence-electron chi connectivity index (χ1n) is 4.93. The number of rotatable bonds is 2. The normalized spacial score (nSPS) is 10.0. The first kappa shape index (κ1) is 10.2. The zero-order valence-corrected chi connectivity index (χ0v) is 8.68.